The first-order valence-electron chi connectivity index (χ1n) is 10.1. The summed E-state index contributed by atoms with van der Waals surface area (Å²) in [6.45, 7) is 1.86. The minimum atomic E-state index is -4.25. The quantitative estimate of drug-likeness (QED) is 0.486. The number of nitrogens with zero attached hydrogens (tertiary/aromatic N) is 2. The highest BCUT2D eigenvalue weighted by Crippen LogP contribution is 2.31. The highest BCUT2D eigenvalue weighted by molar-refractivity contribution is 5.93. The number of rotatable bonds is 7. The van der Waals surface area contributed by atoms with Crippen molar-refractivity contribution in [3.8, 4) is 11.6 Å². The van der Waals surface area contributed by atoms with Gasteiger partial charge in [0.05, 0.1) is 6.42 Å². The number of alkyl halides is 3. The third-order valence-electron chi connectivity index (χ3n) is 4.87. The van der Waals surface area contributed by atoms with Crippen LogP contribution in [0.2, 0.25) is 0 Å². The molecule has 0 radical (unpaired) electrons. The minimum Gasteiger partial charge on any atom is -0.439 e. The van der Waals surface area contributed by atoms with Crippen LogP contribution in [0.15, 0.2) is 54.9 Å². The van der Waals surface area contributed by atoms with E-state index in [1.807, 2.05) is 6.92 Å². The molecular weight excluding hydrogens is 421 g/mol. The van der Waals surface area contributed by atoms with Crippen LogP contribution in [0.1, 0.15) is 24.0 Å². The summed E-state index contributed by atoms with van der Waals surface area (Å²) in [5, 5.41) is 5.89. The Bertz CT molecular complexity index is 1130. The van der Waals surface area contributed by atoms with Crippen molar-refractivity contribution in [3.05, 3.63) is 66.0 Å². The molecule has 1 heterocycles. The topological polar surface area (TPSA) is 76.1 Å². The number of carbonyl (C=O) groups is 1. The first-order valence-corrected chi connectivity index (χ1v) is 10.1. The Labute approximate surface area is 182 Å². The first kappa shape index (κ1) is 21.6. The number of benzene rings is 2. The summed E-state index contributed by atoms with van der Waals surface area (Å²) in [4.78, 5) is 20.0. The lowest BCUT2D eigenvalue weighted by molar-refractivity contribution is -0.127. The van der Waals surface area contributed by atoms with Crippen LogP contribution in [0.4, 0.5) is 30.4 Å². The van der Waals surface area contributed by atoms with Crippen LogP contribution in [0, 0.1) is 12.8 Å². The lowest BCUT2D eigenvalue weighted by Gasteiger charge is -2.13. The van der Waals surface area contributed by atoms with E-state index in [1.165, 1.54) is 18.5 Å². The molecule has 1 amide bonds. The van der Waals surface area contributed by atoms with Gasteiger partial charge in [-0.05, 0) is 61.2 Å². The lowest BCUT2D eigenvalue weighted by Crippen LogP contribution is -2.14. The number of nitrogens with one attached hydrogen (secondary N) is 2. The van der Waals surface area contributed by atoms with Crippen molar-refractivity contribution in [2.24, 2.45) is 5.92 Å². The predicted octanol–water partition coefficient (Wildman–Crippen LogP) is 5.77. The average Bonchev–Trinajstić information content (AvgIpc) is 3.55. The highest BCUT2D eigenvalue weighted by atomic mass is 19.4. The van der Waals surface area contributed by atoms with Gasteiger partial charge in [-0.1, -0.05) is 12.1 Å². The van der Waals surface area contributed by atoms with Crippen LogP contribution in [-0.4, -0.2) is 22.1 Å². The van der Waals surface area contributed by atoms with Gasteiger partial charge in [0.15, 0.2) is 0 Å². The van der Waals surface area contributed by atoms with Gasteiger partial charge in [0.2, 0.25) is 11.8 Å². The zero-order chi connectivity index (χ0) is 22.7. The maximum atomic E-state index is 12.6. The summed E-state index contributed by atoms with van der Waals surface area (Å²) in [6, 6.07) is 13.1. The van der Waals surface area contributed by atoms with Gasteiger partial charge in [-0.3, -0.25) is 4.79 Å². The normalized spacial score (nSPS) is 13.5. The molecule has 1 aliphatic carbocycles. The summed E-state index contributed by atoms with van der Waals surface area (Å²) in [6.07, 6.45) is -2.13. The molecule has 4 rings (SSSR count). The smallest absolute Gasteiger partial charge is 0.393 e. The average molecular weight is 442 g/mol. The summed E-state index contributed by atoms with van der Waals surface area (Å²) < 4.78 is 43.7. The molecule has 2 aromatic carbocycles. The number of hydrogen-bond acceptors (Lipinski definition) is 5. The van der Waals surface area contributed by atoms with Crippen LogP contribution in [0.3, 0.4) is 0 Å². The van der Waals surface area contributed by atoms with Gasteiger partial charge < -0.3 is 15.4 Å². The Hall–Kier alpha value is -3.62. The molecule has 1 aliphatic rings. The monoisotopic (exact) mass is 442 g/mol. The summed E-state index contributed by atoms with van der Waals surface area (Å²) in [7, 11) is 0. The molecule has 0 bridgehead atoms. The van der Waals surface area contributed by atoms with Gasteiger partial charge in [-0.15, -0.1) is 0 Å². The summed E-state index contributed by atoms with van der Waals surface area (Å²) in [5.41, 5.74) is 2.32. The maximum absolute atomic E-state index is 12.6. The van der Waals surface area contributed by atoms with E-state index in [0.717, 1.165) is 24.1 Å². The summed E-state index contributed by atoms with van der Waals surface area (Å²) in [5.74, 6) is 1.19. The van der Waals surface area contributed by atoms with E-state index in [9.17, 15) is 18.0 Å². The van der Waals surface area contributed by atoms with E-state index >= 15 is 0 Å². The van der Waals surface area contributed by atoms with E-state index in [4.69, 9.17) is 4.74 Å². The molecule has 1 fully saturated rings. The standard InChI is InChI=1S/C23H21F3N4O2/c1-14-9-18(32-21-11-20(27-13-28-21)30-22(31)16-5-6-16)7-8-19(14)29-17-4-2-3-15(10-17)12-23(24,25)26/h2-4,7-11,13,16,29H,5-6,12H2,1H3,(H,27,28,30,31). The van der Waals surface area contributed by atoms with Crippen molar-refractivity contribution in [3.63, 3.8) is 0 Å². The fourth-order valence-corrected chi connectivity index (χ4v) is 3.14. The van der Waals surface area contributed by atoms with Crippen molar-refractivity contribution in [2.45, 2.75) is 32.4 Å². The van der Waals surface area contributed by atoms with E-state index in [0.29, 0.717) is 17.3 Å². The minimum absolute atomic E-state index is 0.0553. The van der Waals surface area contributed by atoms with Gasteiger partial charge >= 0.3 is 6.18 Å². The number of aryl methyl sites for hydroxylation is 1. The molecule has 32 heavy (non-hydrogen) atoms. The SMILES string of the molecule is Cc1cc(Oc2cc(NC(=O)C3CC3)ncn2)ccc1Nc1cccc(CC(F)(F)F)c1. The molecule has 166 valence electrons. The molecule has 0 atom stereocenters. The molecule has 3 aromatic rings. The van der Waals surface area contributed by atoms with Crippen molar-refractivity contribution < 1.29 is 22.7 Å². The van der Waals surface area contributed by atoms with Crippen LogP contribution >= 0.6 is 0 Å². The number of ether oxygens (including phenoxy) is 1. The van der Waals surface area contributed by atoms with E-state index in [-0.39, 0.29) is 23.3 Å². The molecular formula is C23H21F3N4O2. The molecule has 6 nitrogen and oxygen atoms in total. The zero-order valence-corrected chi connectivity index (χ0v) is 17.2. The van der Waals surface area contributed by atoms with E-state index in [1.54, 1.807) is 36.4 Å². The maximum Gasteiger partial charge on any atom is 0.393 e. The number of hydrogen-bond donors (Lipinski definition) is 2. The number of amides is 1. The second-order valence-electron chi connectivity index (χ2n) is 7.70. The number of aromatic nitrogens is 2. The lowest BCUT2D eigenvalue weighted by atomic mass is 10.1. The van der Waals surface area contributed by atoms with Crippen LogP contribution in [0.25, 0.3) is 0 Å². The molecule has 1 saturated carbocycles. The molecule has 2 N–H and O–H groups in total. The van der Waals surface area contributed by atoms with Gasteiger partial charge in [-0.2, -0.15) is 13.2 Å². The Morgan fingerprint density at radius 3 is 2.66 bits per heavy atom. The summed E-state index contributed by atoms with van der Waals surface area (Å²) >= 11 is 0. The van der Waals surface area contributed by atoms with Crippen LogP contribution < -0.4 is 15.4 Å². The zero-order valence-electron chi connectivity index (χ0n) is 17.2. The number of carbonyl (C=O) groups excluding carboxylic acids is 1. The molecule has 0 spiro atoms. The van der Waals surface area contributed by atoms with Crippen LogP contribution in [-0.2, 0) is 11.2 Å². The van der Waals surface area contributed by atoms with Gasteiger partial charge in [-0.25, -0.2) is 9.97 Å². The second kappa shape index (κ2) is 8.86. The first-order chi connectivity index (χ1) is 15.2. The van der Waals surface area contributed by atoms with Crippen LogP contribution in [0.5, 0.6) is 11.6 Å². The largest absolute Gasteiger partial charge is 0.439 e. The Balaban J connectivity index is 1.42. The Kier molecular flexibility index (Phi) is 5.98. The van der Waals surface area contributed by atoms with E-state index in [2.05, 4.69) is 20.6 Å². The van der Waals surface area contributed by atoms with Gasteiger partial charge in [0, 0.05) is 23.4 Å². The van der Waals surface area contributed by atoms with Crippen molar-refractivity contribution in [1.82, 2.24) is 9.97 Å². The van der Waals surface area contributed by atoms with E-state index < -0.39 is 12.6 Å². The molecule has 9 heteroatoms. The molecule has 1 aromatic heterocycles. The Morgan fingerprint density at radius 1 is 1.12 bits per heavy atom. The molecule has 0 aliphatic heterocycles. The predicted molar refractivity (Wildman–Crippen MR) is 114 cm³/mol. The highest BCUT2D eigenvalue weighted by Gasteiger charge is 2.30. The fraction of sp³-hybridized carbons (Fsp3) is 0.261. The third kappa shape index (κ3) is 5.96. The second-order valence-corrected chi connectivity index (χ2v) is 7.70. The Morgan fingerprint density at radius 2 is 1.94 bits per heavy atom. The number of anilines is 3. The van der Waals surface area contributed by atoms with Crippen molar-refractivity contribution >= 4 is 23.1 Å². The van der Waals surface area contributed by atoms with Gasteiger partial charge in [0.25, 0.3) is 0 Å². The third-order valence-corrected chi connectivity index (χ3v) is 4.87. The molecule has 0 saturated heterocycles. The molecule has 0 unspecified atom stereocenters. The van der Waals surface area contributed by atoms with Gasteiger partial charge in [0.1, 0.15) is 17.9 Å². The fourth-order valence-electron chi connectivity index (χ4n) is 3.14. The number of halogens is 3. The van der Waals surface area contributed by atoms with Crippen molar-refractivity contribution in [1.29, 1.82) is 0 Å². The van der Waals surface area contributed by atoms with Crippen molar-refractivity contribution in [2.75, 3.05) is 10.6 Å².